The number of anilines is 1. The van der Waals surface area contributed by atoms with Gasteiger partial charge in [0.25, 0.3) is 0 Å². The Kier molecular flexibility index (Phi) is 3.46. The van der Waals surface area contributed by atoms with Gasteiger partial charge in [-0.1, -0.05) is 0 Å². The number of carbonyl (C=O) groups is 1. The van der Waals surface area contributed by atoms with Crippen LogP contribution in [0.1, 0.15) is 24.7 Å². The van der Waals surface area contributed by atoms with Crippen LogP contribution in [0.4, 0.5) is 10.6 Å². The van der Waals surface area contributed by atoms with Crippen molar-refractivity contribution in [1.29, 1.82) is 0 Å². The van der Waals surface area contributed by atoms with Crippen LogP contribution >= 0.6 is 0 Å². The minimum Gasteiger partial charge on any atom is -0.480 e. The van der Waals surface area contributed by atoms with Crippen molar-refractivity contribution in [2.45, 2.75) is 25.4 Å². The summed E-state index contributed by atoms with van der Waals surface area (Å²) in [6, 6.07) is 1.22. The topological polar surface area (TPSA) is 98.9 Å². The van der Waals surface area contributed by atoms with Crippen molar-refractivity contribution in [1.82, 2.24) is 29.9 Å². The second-order valence-corrected chi connectivity index (χ2v) is 4.83. The monoisotopic (exact) mass is 291 g/mol. The van der Waals surface area contributed by atoms with Gasteiger partial charge in [-0.3, -0.25) is 5.32 Å². The summed E-state index contributed by atoms with van der Waals surface area (Å²) in [6.07, 6.45) is 3.32. The number of aromatic nitrogens is 5. The van der Waals surface area contributed by atoms with Gasteiger partial charge in [-0.05, 0) is 12.8 Å². The highest BCUT2D eigenvalue weighted by Crippen LogP contribution is 2.22. The lowest BCUT2D eigenvalue weighted by atomic mass is 10.1. The maximum Gasteiger partial charge on any atom is 0.320 e. The van der Waals surface area contributed by atoms with Crippen LogP contribution in [0.5, 0.6) is 5.88 Å². The highest BCUT2D eigenvalue weighted by molar-refractivity contribution is 5.88. The van der Waals surface area contributed by atoms with Crippen LogP contribution < -0.4 is 15.4 Å². The molecule has 112 valence electrons. The maximum absolute atomic E-state index is 12.1. The highest BCUT2D eigenvalue weighted by atomic mass is 16.5. The Bertz CT molecular complexity index is 648. The number of methoxy groups -OCH3 is 1. The Balaban J connectivity index is 1.66. The summed E-state index contributed by atoms with van der Waals surface area (Å²) in [5, 5.41) is 13.9. The number of urea groups is 1. The second kappa shape index (κ2) is 5.43. The fraction of sp³-hybridized carbons (Fsp3) is 0.500. The molecule has 2 amide bonds. The Morgan fingerprint density at radius 2 is 2.38 bits per heavy atom. The Labute approximate surface area is 121 Å². The molecule has 0 unspecified atom stereocenters. The summed E-state index contributed by atoms with van der Waals surface area (Å²) < 4.78 is 8.38. The van der Waals surface area contributed by atoms with Gasteiger partial charge in [-0.2, -0.15) is 5.10 Å². The summed E-state index contributed by atoms with van der Waals surface area (Å²) in [5.74, 6) is 1.80. The van der Waals surface area contributed by atoms with E-state index in [0.29, 0.717) is 11.7 Å². The summed E-state index contributed by atoms with van der Waals surface area (Å²) in [7, 11) is 3.26. The van der Waals surface area contributed by atoms with Crippen molar-refractivity contribution in [2.24, 2.45) is 7.05 Å². The van der Waals surface area contributed by atoms with E-state index in [1.807, 2.05) is 4.68 Å². The zero-order chi connectivity index (χ0) is 14.8. The molecule has 0 fully saturated rings. The average molecular weight is 291 g/mol. The molecule has 3 rings (SSSR count). The smallest absolute Gasteiger partial charge is 0.320 e. The number of hydrogen-bond acceptors (Lipinski definition) is 5. The molecule has 0 aliphatic carbocycles. The molecule has 1 aliphatic rings. The summed E-state index contributed by atoms with van der Waals surface area (Å²) in [5.41, 5.74) is 0. The van der Waals surface area contributed by atoms with E-state index in [0.717, 1.165) is 25.2 Å². The molecule has 2 N–H and O–H groups in total. The predicted molar refractivity (Wildman–Crippen MR) is 73.9 cm³/mol. The van der Waals surface area contributed by atoms with E-state index < -0.39 is 0 Å². The van der Waals surface area contributed by atoms with Crippen LogP contribution in [0.15, 0.2) is 12.4 Å². The lowest BCUT2D eigenvalue weighted by Crippen LogP contribution is -2.36. The molecule has 0 radical (unpaired) electrons. The van der Waals surface area contributed by atoms with E-state index >= 15 is 0 Å². The molecule has 0 saturated carbocycles. The molecule has 0 bridgehead atoms. The molecule has 3 heterocycles. The lowest BCUT2D eigenvalue weighted by Gasteiger charge is -2.23. The van der Waals surface area contributed by atoms with Crippen LogP contribution in [0.25, 0.3) is 0 Å². The number of hydrogen-bond donors (Lipinski definition) is 2. The molecular formula is C12H17N7O2. The van der Waals surface area contributed by atoms with Gasteiger partial charge in [0.15, 0.2) is 0 Å². The van der Waals surface area contributed by atoms with Crippen molar-refractivity contribution < 1.29 is 9.53 Å². The molecule has 0 spiro atoms. The van der Waals surface area contributed by atoms with E-state index in [9.17, 15) is 4.79 Å². The molecule has 9 nitrogen and oxygen atoms in total. The van der Waals surface area contributed by atoms with Crippen LogP contribution in [-0.4, -0.2) is 37.7 Å². The van der Waals surface area contributed by atoms with Gasteiger partial charge in [0, 0.05) is 19.7 Å². The van der Waals surface area contributed by atoms with Crippen molar-refractivity contribution in [3.05, 3.63) is 18.2 Å². The van der Waals surface area contributed by atoms with Gasteiger partial charge in [-0.25, -0.2) is 19.1 Å². The number of amides is 2. The SMILES string of the molecule is COc1cc(NC(=O)N[C@H]2CCCn3ncnc32)n(C)n1. The Morgan fingerprint density at radius 3 is 3.14 bits per heavy atom. The molecule has 2 aromatic rings. The fourth-order valence-electron chi connectivity index (χ4n) is 2.39. The summed E-state index contributed by atoms with van der Waals surface area (Å²) in [6.45, 7) is 0.841. The van der Waals surface area contributed by atoms with E-state index in [1.165, 1.54) is 13.4 Å². The first-order chi connectivity index (χ1) is 10.2. The molecule has 0 saturated heterocycles. The number of ether oxygens (including phenoxy) is 1. The number of carbonyl (C=O) groups excluding carboxylic acids is 1. The van der Waals surface area contributed by atoms with Crippen LogP contribution in [0.2, 0.25) is 0 Å². The fourth-order valence-corrected chi connectivity index (χ4v) is 2.39. The number of aryl methyl sites for hydroxylation is 2. The Morgan fingerprint density at radius 1 is 1.52 bits per heavy atom. The zero-order valence-corrected chi connectivity index (χ0v) is 11.9. The van der Waals surface area contributed by atoms with E-state index in [1.54, 1.807) is 17.8 Å². The first-order valence-corrected chi connectivity index (χ1v) is 6.70. The molecular weight excluding hydrogens is 274 g/mol. The normalized spacial score (nSPS) is 17.1. The molecule has 1 atom stereocenters. The highest BCUT2D eigenvalue weighted by Gasteiger charge is 2.24. The van der Waals surface area contributed by atoms with Gasteiger partial charge in [-0.15, -0.1) is 5.10 Å². The van der Waals surface area contributed by atoms with Gasteiger partial charge >= 0.3 is 6.03 Å². The van der Waals surface area contributed by atoms with Crippen LogP contribution in [0.3, 0.4) is 0 Å². The predicted octanol–water partition coefficient (Wildman–Crippen LogP) is 0.677. The minimum absolute atomic E-state index is 0.128. The number of rotatable bonds is 3. The third kappa shape index (κ3) is 2.67. The standard InChI is InChI=1S/C12H17N7O2/c1-18-9(6-10(17-18)21-2)16-12(20)15-8-4-3-5-19-11(8)13-7-14-19/h6-8H,3-5H2,1-2H3,(H2,15,16,20)/t8-/m0/s1. The zero-order valence-electron chi connectivity index (χ0n) is 11.9. The van der Waals surface area contributed by atoms with E-state index in [4.69, 9.17) is 4.74 Å². The van der Waals surface area contributed by atoms with Gasteiger partial charge in [0.1, 0.15) is 18.0 Å². The molecule has 0 aromatic carbocycles. The quantitative estimate of drug-likeness (QED) is 0.866. The van der Waals surface area contributed by atoms with Gasteiger partial charge in [0.2, 0.25) is 5.88 Å². The first-order valence-electron chi connectivity index (χ1n) is 6.70. The first kappa shape index (κ1) is 13.4. The van der Waals surface area contributed by atoms with Crippen molar-refractivity contribution in [3.63, 3.8) is 0 Å². The van der Waals surface area contributed by atoms with Crippen molar-refractivity contribution in [3.8, 4) is 5.88 Å². The Hall–Kier alpha value is -2.58. The minimum atomic E-state index is -0.304. The third-order valence-corrected chi connectivity index (χ3v) is 3.43. The molecule has 9 heteroatoms. The number of fused-ring (bicyclic) bond motifs is 1. The molecule has 1 aliphatic heterocycles. The molecule has 21 heavy (non-hydrogen) atoms. The lowest BCUT2D eigenvalue weighted by molar-refractivity contribution is 0.244. The van der Waals surface area contributed by atoms with Gasteiger partial charge < -0.3 is 10.1 Å². The van der Waals surface area contributed by atoms with Crippen molar-refractivity contribution in [2.75, 3.05) is 12.4 Å². The van der Waals surface area contributed by atoms with Gasteiger partial charge in [0.05, 0.1) is 13.2 Å². The number of nitrogens with zero attached hydrogens (tertiary/aromatic N) is 5. The average Bonchev–Trinajstić information content (AvgIpc) is 3.06. The second-order valence-electron chi connectivity index (χ2n) is 4.83. The number of nitrogens with one attached hydrogen (secondary N) is 2. The van der Waals surface area contributed by atoms with Crippen LogP contribution in [0, 0.1) is 0 Å². The van der Waals surface area contributed by atoms with Crippen LogP contribution in [-0.2, 0) is 13.6 Å². The van der Waals surface area contributed by atoms with E-state index in [-0.39, 0.29) is 12.1 Å². The van der Waals surface area contributed by atoms with E-state index in [2.05, 4.69) is 25.8 Å². The third-order valence-electron chi connectivity index (χ3n) is 3.43. The largest absolute Gasteiger partial charge is 0.480 e. The summed E-state index contributed by atoms with van der Waals surface area (Å²) in [4.78, 5) is 16.3. The summed E-state index contributed by atoms with van der Waals surface area (Å²) >= 11 is 0. The van der Waals surface area contributed by atoms with Crippen molar-refractivity contribution >= 4 is 11.8 Å². The maximum atomic E-state index is 12.1. The molecule has 2 aromatic heterocycles.